The molecule has 0 saturated carbocycles. The van der Waals surface area contributed by atoms with E-state index in [1.54, 1.807) is 79.1 Å². The molecule has 2 N–H and O–H groups in total. The second-order valence-electron chi connectivity index (χ2n) is 9.56. The first-order valence-electron chi connectivity index (χ1n) is 13.4. The van der Waals surface area contributed by atoms with Gasteiger partial charge in [-0.2, -0.15) is 0 Å². The molecule has 11 heteroatoms. The van der Waals surface area contributed by atoms with Gasteiger partial charge < -0.3 is 15.4 Å². The second-order valence-corrected chi connectivity index (χ2v) is 10.8. The second kappa shape index (κ2) is 13.6. The number of methoxy groups -OCH3 is 1. The molecule has 2 heterocycles. The monoisotopic (exact) mass is 606 g/mol. The Hall–Kier alpha value is -5.55. The van der Waals surface area contributed by atoms with E-state index in [-0.39, 0.29) is 23.9 Å². The van der Waals surface area contributed by atoms with Gasteiger partial charge in [-0.3, -0.25) is 24.2 Å². The molecule has 1 saturated heterocycles. The Labute approximate surface area is 257 Å². The molecule has 1 aliphatic rings. The molecule has 4 amide bonds. The number of hydrogen-bond donors (Lipinski definition) is 2. The normalized spacial score (nSPS) is 14.7. The molecule has 10 nitrogen and oxygen atoms in total. The minimum atomic E-state index is -0.634. The third kappa shape index (κ3) is 7.08. The number of carbonyl (C=O) groups excluding carboxylic acids is 5. The highest BCUT2D eigenvalue weighted by atomic mass is 32.2. The van der Waals surface area contributed by atoms with Crippen molar-refractivity contribution < 1.29 is 28.7 Å². The molecule has 4 aromatic rings. The number of aromatic nitrogens is 1. The molecule has 1 atom stereocenters. The van der Waals surface area contributed by atoms with Crippen LogP contribution in [0, 0.1) is 0 Å². The predicted molar refractivity (Wildman–Crippen MR) is 166 cm³/mol. The molecule has 0 spiro atoms. The van der Waals surface area contributed by atoms with E-state index in [2.05, 4.69) is 20.4 Å². The van der Waals surface area contributed by atoms with E-state index in [0.29, 0.717) is 28.1 Å². The molecule has 1 fully saturated rings. The van der Waals surface area contributed by atoms with Crippen LogP contribution in [0.25, 0.3) is 6.08 Å². The van der Waals surface area contributed by atoms with E-state index in [9.17, 15) is 24.0 Å². The molecule has 0 bridgehead atoms. The zero-order chi connectivity index (χ0) is 31.1. The number of rotatable bonds is 9. The van der Waals surface area contributed by atoms with Crippen LogP contribution in [0.5, 0.6) is 0 Å². The lowest BCUT2D eigenvalue weighted by molar-refractivity contribution is -0.121. The van der Waals surface area contributed by atoms with Crippen LogP contribution < -0.4 is 15.5 Å². The van der Waals surface area contributed by atoms with Crippen molar-refractivity contribution in [2.24, 2.45) is 0 Å². The van der Waals surface area contributed by atoms with E-state index in [1.165, 1.54) is 49.2 Å². The van der Waals surface area contributed by atoms with Crippen LogP contribution in [-0.2, 0) is 19.1 Å². The van der Waals surface area contributed by atoms with Gasteiger partial charge in [-0.15, -0.1) is 11.8 Å². The number of carbonyl (C=O) groups is 5. The van der Waals surface area contributed by atoms with Crippen molar-refractivity contribution in [2.75, 3.05) is 17.3 Å². The van der Waals surface area contributed by atoms with Crippen LogP contribution >= 0.6 is 11.8 Å². The Morgan fingerprint density at radius 2 is 1.64 bits per heavy atom. The maximum Gasteiger partial charge on any atom is 0.337 e. The highest BCUT2D eigenvalue weighted by Crippen LogP contribution is 2.34. The number of hydrogen-bond acceptors (Lipinski definition) is 8. The first-order chi connectivity index (χ1) is 21.3. The zero-order valence-corrected chi connectivity index (χ0v) is 24.2. The number of anilines is 2. The third-order valence-electron chi connectivity index (χ3n) is 6.57. The topological polar surface area (TPSA) is 135 Å². The molecule has 1 unspecified atom stereocenters. The summed E-state index contributed by atoms with van der Waals surface area (Å²) in [6.45, 7) is 0. The van der Waals surface area contributed by atoms with E-state index in [1.807, 2.05) is 0 Å². The number of pyridine rings is 1. The average molecular weight is 607 g/mol. The van der Waals surface area contributed by atoms with Gasteiger partial charge >= 0.3 is 5.97 Å². The predicted octanol–water partition coefficient (Wildman–Crippen LogP) is 4.70. The number of nitrogens with one attached hydrogen (secondary N) is 2. The van der Waals surface area contributed by atoms with Gasteiger partial charge in [0.15, 0.2) is 0 Å². The maximum absolute atomic E-state index is 13.2. The van der Waals surface area contributed by atoms with Gasteiger partial charge in [0.2, 0.25) is 11.8 Å². The summed E-state index contributed by atoms with van der Waals surface area (Å²) in [5.74, 6) is -2.19. The number of imide groups is 1. The van der Waals surface area contributed by atoms with Gasteiger partial charge in [0.1, 0.15) is 5.70 Å². The molecule has 3 aromatic carbocycles. The molecule has 44 heavy (non-hydrogen) atoms. The lowest BCUT2D eigenvalue weighted by Gasteiger charge is -2.15. The van der Waals surface area contributed by atoms with E-state index < -0.39 is 23.0 Å². The molecule has 220 valence electrons. The Morgan fingerprint density at radius 1 is 0.909 bits per heavy atom. The van der Waals surface area contributed by atoms with Crippen LogP contribution in [0.2, 0.25) is 0 Å². The standard InChI is InChI=1S/C33H26N4O6S/c1-43-33(42)23-9-13-25(14-10-23)37-29(38)19-28(32(37)41)44-26-15-11-24(12-16-26)35-31(40)27(18-21-6-5-17-34-20-21)36-30(39)22-7-3-2-4-8-22/h2-18,20,28H,19H2,1H3,(H,35,40)(H,36,39)/b27-18-. The zero-order valence-electron chi connectivity index (χ0n) is 23.4. The molecule has 0 aliphatic carbocycles. The smallest absolute Gasteiger partial charge is 0.337 e. The van der Waals surface area contributed by atoms with Gasteiger partial charge in [0.05, 0.1) is 23.6 Å². The molecule has 0 radical (unpaired) electrons. The Balaban J connectivity index is 1.25. The summed E-state index contributed by atoms with van der Waals surface area (Å²) in [5.41, 5.74) is 2.21. The third-order valence-corrected chi connectivity index (χ3v) is 7.76. The van der Waals surface area contributed by atoms with Crippen LogP contribution in [0.3, 0.4) is 0 Å². The maximum atomic E-state index is 13.2. The van der Waals surface area contributed by atoms with Crippen LogP contribution in [-0.4, -0.2) is 46.9 Å². The highest BCUT2D eigenvalue weighted by Gasteiger charge is 2.40. The summed E-state index contributed by atoms with van der Waals surface area (Å²) in [7, 11) is 1.27. The van der Waals surface area contributed by atoms with Crippen molar-refractivity contribution in [3.05, 3.63) is 126 Å². The minimum Gasteiger partial charge on any atom is -0.465 e. The van der Waals surface area contributed by atoms with Crippen molar-refractivity contribution in [1.29, 1.82) is 0 Å². The highest BCUT2D eigenvalue weighted by molar-refractivity contribution is 8.00. The number of benzene rings is 3. The van der Waals surface area contributed by atoms with Crippen molar-refractivity contribution in [2.45, 2.75) is 16.6 Å². The number of nitrogens with zero attached hydrogens (tertiary/aromatic N) is 2. The van der Waals surface area contributed by atoms with E-state index in [0.717, 1.165) is 9.80 Å². The molecule has 5 rings (SSSR count). The summed E-state index contributed by atoms with van der Waals surface area (Å²) < 4.78 is 4.69. The molecule has 1 aromatic heterocycles. The average Bonchev–Trinajstić information content (AvgIpc) is 3.33. The number of ether oxygens (including phenoxy) is 1. The first-order valence-corrected chi connectivity index (χ1v) is 14.3. The van der Waals surface area contributed by atoms with E-state index in [4.69, 9.17) is 0 Å². The Kier molecular flexibility index (Phi) is 9.26. The number of esters is 1. The van der Waals surface area contributed by atoms with Crippen molar-refractivity contribution in [3.8, 4) is 0 Å². The summed E-state index contributed by atoms with van der Waals surface area (Å²) in [6, 6.07) is 24.9. The van der Waals surface area contributed by atoms with Crippen molar-refractivity contribution >= 4 is 58.8 Å². The van der Waals surface area contributed by atoms with Crippen molar-refractivity contribution in [1.82, 2.24) is 10.3 Å². The van der Waals surface area contributed by atoms with Gasteiger partial charge in [-0.1, -0.05) is 24.3 Å². The first kappa shape index (κ1) is 29.9. The molecule has 1 aliphatic heterocycles. The van der Waals surface area contributed by atoms with Crippen LogP contribution in [0.1, 0.15) is 32.7 Å². The number of thioether (sulfide) groups is 1. The summed E-state index contributed by atoms with van der Waals surface area (Å²) in [6.07, 6.45) is 4.73. The fraction of sp³-hybridized carbons (Fsp3) is 0.0909. The molecular formula is C33H26N4O6S. The molecular weight excluding hydrogens is 580 g/mol. The van der Waals surface area contributed by atoms with Gasteiger partial charge in [0.25, 0.3) is 11.8 Å². The van der Waals surface area contributed by atoms with Crippen LogP contribution in [0.4, 0.5) is 11.4 Å². The Morgan fingerprint density at radius 3 is 2.30 bits per heavy atom. The lowest BCUT2D eigenvalue weighted by atomic mass is 10.2. The SMILES string of the molecule is COC(=O)c1ccc(N2C(=O)CC(Sc3ccc(NC(=O)/C(=C/c4cccnc4)NC(=O)c4ccccc4)cc3)C2=O)cc1. The fourth-order valence-corrected chi connectivity index (χ4v) is 5.44. The quantitative estimate of drug-likeness (QED) is 0.159. The van der Waals surface area contributed by atoms with Gasteiger partial charge in [-0.05, 0) is 78.4 Å². The minimum absolute atomic E-state index is 0.0182. The van der Waals surface area contributed by atoms with E-state index >= 15 is 0 Å². The fourth-order valence-electron chi connectivity index (χ4n) is 4.38. The lowest BCUT2D eigenvalue weighted by Crippen LogP contribution is -2.31. The summed E-state index contributed by atoms with van der Waals surface area (Å²) in [4.78, 5) is 69.5. The van der Waals surface area contributed by atoms with Crippen LogP contribution in [0.15, 0.2) is 114 Å². The number of amides is 4. The van der Waals surface area contributed by atoms with Crippen molar-refractivity contribution in [3.63, 3.8) is 0 Å². The summed E-state index contributed by atoms with van der Waals surface area (Å²) >= 11 is 1.24. The van der Waals surface area contributed by atoms with Gasteiger partial charge in [-0.25, -0.2) is 9.69 Å². The van der Waals surface area contributed by atoms with Gasteiger partial charge in [0, 0.05) is 35.0 Å². The Bertz CT molecular complexity index is 1730. The largest absolute Gasteiger partial charge is 0.465 e. The summed E-state index contributed by atoms with van der Waals surface area (Å²) in [5, 5.41) is 4.83.